The number of carboxylic acids is 1. The average molecular weight is 881 g/mol. The molecule has 1 fully saturated rings. The van der Waals surface area contributed by atoms with E-state index in [0.29, 0.717) is 0 Å². The summed E-state index contributed by atoms with van der Waals surface area (Å²) in [5.74, 6) is -7.04. The first-order valence-corrected chi connectivity index (χ1v) is 18.8. The topological polar surface area (TPSA) is 437 Å². The Morgan fingerprint density at radius 1 is 0.820 bits per heavy atom. The first kappa shape index (κ1) is 55.5. The molecule has 350 valence electrons. The second-order valence-corrected chi connectivity index (χ2v) is 13.8. The highest BCUT2D eigenvalue weighted by molar-refractivity contribution is 6.41. The number of rotatable bonds is 18. The number of hydrogen-bond acceptors (Lipinski definition) is 18. The van der Waals surface area contributed by atoms with Crippen LogP contribution in [-0.2, 0) is 52.7 Å². The molecule has 0 saturated carbocycles. The number of aliphatic hydroxyl groups is 4. The van der Waals surface area contributed by atoms with Gasteiger partial charge in [-0.25, -0.2) is 5.43 Å². The number of nitrogens with one attached hydrogen (secondary N) is 8. The summed E-state index contributed by atoms with van der Waals surface area (Å²) >= 11 is 0. The molecule has 1 aliphatic rings. The number of amides is 7. The average Bonchev–Trinajstić information content (AvgIpc) is 3.18. The molecule has 9 atom stereocenters. The summed E-state index contributed by atoms with van der Waals surface area (Å²) in [6, 6.07) is -13.5. The van der Waals surface area contributed by atoms with Crippen LogP contribution in [0.1, 0.15) is 75.5 Å². The van der Waals surface area contributed by atoms with E-state index in [1.165, 1.54) is 6.92 Å². The van der Waals surface area contributed by atoms with E-state index in [2.05, 4.69) is 37.2 Å². The van der Waals surface area contributed by atoms with Crippen LogP contribution in [0.25, 0.3) is 0 Å². The molecular formula is C35H64N10O16. The molecule has 17 N–H and O–H groups in total. The van der Waals surface area contributed by atoms with Gasteiger partial charge in [0.15, 0.2) is 5.78 Å². The van der Waals surface area contributed by atoms with Crippen molar-refractivity contribution in [1.29, 1.82) is 0 Å². The molecule has 0 aromatic heterocycles. The lowest BCUT2D eigenvalue weighted by molar-refractivity contribution is -0.142. The van der Waals surface area contributed by atoms with E-state index in [0.717, 1.165) is 6.92 Å². The van der Waals surface area contributed by atoms with Gasteiger partial charge in [0.1, 0.15) is 30.2 Å². The molecule has 1 heterocycles. The summed E-state index contributed by atoms with van der Waals surface area (Å²) in [7, 11) is 0. The second kappa shape index (κ2) is 28.1. The highest BCUT2D eigenvalue weighted by Gasteiger charge is 2.38. The van der Waals surface area contributed by atoms with Gasteiger partial charge in [0.2, 0.25) is 52.9 Å². The SMILES string of the molecule is C.CC(=O)C1CCC(=O)NCCCCC(N[C@@H](CO)C(=O)C(=O)C(CC(N)=O)NC(=O)[C@@H](NN)[C@@H](C)O)C(=O)NC(CO)C(=O)N[C@@H](CCC(=O)O)C(=O)NC(CO)C(=O)N1.[HH].[HH]. The lowest BCUT2D eigenvalue weighted by Gasteiger charge is -2.27. The zero-order valence-electron chi connectivity index (χ0n) is 33.1. The van der Waals surface area contributed by atoms with Crippen molar-refractivity contribution in [3.05, 3.63) is 0 Å². The molecule has 0 radical (unpaired) electrons. The van der Waals surface area contributed by atoms with Gasteiger partial charge >= 0.3 is 5.97 Å². The molecule has 1 aliphatic heterocycles. The fourth-order valence-electron chi connectivity index (χ4n) is 5.65. The van der Waals surface area contributed by atoms with Crippen LogP contribution in [0.5, 0.6) is 0 Å². The van der Waals surface area contributed by atoms with Crippen LogP contribution in [0.15, 0.2) is 0 Å². The monoisotopic (exact) mass is 880 g/mol. The van der Waals surface area contributed by atoms with Crippen LogP contribution in [-0.4, -0.2) is 171 Å². The first-order chi connectivity index (χ1) is 28.2. The second-order valence-electron chi connectivity index (χ2n) is 13.8. The van der Waals surface area contributed by atoms with Crippen LogP contribution >= 0.6 is 0 Å². The van der Waals surface area contributed by atoms with Gasteiger partial charge in [0.05, 0.1) is 50.5 Å². The van der Waals surface area contributed by atoms with Gasteiger partial charge < -0.3 is 63.2 Å². The molecular weight excluding hydrogens is 816 g/mol. The minimum Gasteiger partial charge on any atom is -0.481 e. The maximum absolute atomic E-state index is 13.7. The summed E-state index contributed by atoms with van der Waals surface area (Å²) in [4.78, 5) is 141. The van der Waals surface area contributed by atoms with Gasteiger partial charge in [-0.15, -0.1) is 0 Å². The summed E-state index contributed by atoms with van der Waals surface area (Å²) in [6.07, 6.45) is -4.11. The number of primary amides is 1. The first-order valence-electron chi connectivity index (χ1n) is 18.8. The molecule has 0 aliphatic carbocycles. The molecule has 0 aromatic carbocycles. The number of Topliss-reactive ketones (excluding diaryl/α,β-unsaturated/α-hetero) is 3. The molecule has 1 rings (SSSR count). The van der Waals surface area contributed by atoms with Crippen molar-refractivity contribution in [2.24, 2.45) is 11.6 Å². The van der Waals surface area contributed by atoms with E-state index in [4.69, 9.17) is 11.6 Å². The lowest BCUT2D eigenvalue weighted by atomic mass is 9.98. The van der Waals surface area contributed by atoms with Crippen molar-refractivity contribution in [3.63, 3.8) is 0 Å². The molecule has 5 unspecified atom stereocenters. The van der Waals surface area contributed by atoms with E-state index in [9.17, 15) is 78.3 Å². The fraction of sp³-hybridized carbons (Fsp3) is 0.686. The smallest absolute Gasteiger partial charge is 0.303 e. The Morgan fingerprint density at radius 3 is 1.87 bits per heavy atom. The van der Waals surface area contributed by atoms with Crippen molar-refractivity contribution < 1.29 is 81.1 Å². The minimum atomic E-state index is -1.92. The number of hydrogen-bond donors (Lipinski definition) is 15. The molecule has 0 spiro atoms. The number of ketones is 3. The Kier molecular flexibility index (Phi) is 25.6. The molecule has 1 saturated heterocycles. The molecule has 7 amide bonds. The van der Waals surface area contributed by atoms with Gasteiger partial charge in [-0.2, -0.15) is 0 Å². The Hall–Kier alpha value is -5.51. The zero-order chi connectivity index (χ0) is 45.7. The van der Waals surface area contributed by atoms with Crippen molar-refractivity contribution in [3.8, 4) is 0 Å². The quantitative estimate of drug-likeness (QED) is 0.0345. The molecule has 61 heavy (non-hydrogen) atoms. The van der Waals surface area contributed by atoms with Crippen LogP contribution in [0.2, 0.25) is 0 Å². The number of hydrazine groups is 1. The lowest BCUT2D eigenvalue weighted by Crippen LogP contribution is -2.61. The van der Waals surface area contributed by atoms with Crippen LogP contribution in [0.3, 0.4) is 0 Å². The largest absolute Gasteiger partial charge is 0.481 e. The molecule has 0 bridgehead atoms. The van der Waals surface area contributed by atoms with Crippen molar-refractivity contribution in [2.75, 3.05) is 26.4 Å². The van der Waals surface area contributed by atoms with E-state index in [1.807, 2.05) is 5.43 Å². The van der Waals surface area contributed by atoms with Crippen LogP contribution in [0.4, 0.5) is 0 Å². The highest BCUT2D eigenvalue weighted by Crippen LogP contribution is 2.09. The standard InChI is InChI=1S/C34H56N10O16.CH4.2H2/c1-15(48)17-6-8-25(51)37-10-4-3-5-18(38-21(12-45)29(55)28(54)20(11-24(35)50)41-34(60)27(44-36)16(2)49)30(56)42-23(14-47)33(59)40-19(7-9-26(52)53)31(57)43-22(13-46)32(58)39-17;;;/h16-23,27,38,44-47,49H,3-14,36H2,1-2H3,(H2,35,50)(H,37,51)(H,39,58)(H,40,59)(H,41,60)(H,42,56)(H,43,57)(H,52,53);1H4;2*1H/t16-,17?,18?,19+,20?,21+,22?,23?,27+;;;/m1.../s1. The maximum Gasteiger partial charge on any atom is 0.303 e. The molecule has 0 aromatic rings. The predicted octanol–water partition coefficient (Wildman–Crippen LogP) is -7.40. The van der Waals surface area contributed by atoms with Gasteiger partial charge in [0.25, 0.3) is 0 Å². The number of aliphatic hydroxyl groups excluding tert-OH is 4. The Bertz CT molecular complexity index is 1590. The van der Waals surface area contributed by atoms with E-state index >= 15 is 0 Å². The third-order valence-corrected chi connectivity index (χ3v) is 9.06. The Morgan fingerprint density at radius 2 is 1.36 bits per heavy atom. The van der Waals surface area contributed by atoms with Crippen molar-refractivity contribution >= 4 is 64.7 Å². The van der Waals surface area contributed by atoms with Gasteiger partial charge in [0, 0.05) is 22.2 Å². The third kappa shape index (κ3) is 19.2. The maximum atomic E-state index is 13.7. The van der Waals surface area contributed by atoms with E-state index in [1.54, 1.807) is 0 Å². The van der Waals surface area contributed by atoms with Gasteiger partial charge in [-0.1, -0.05) is 7.43 Å². The molecule has 26 heteroatoms. The van der Waals surface area contributed by atoms with Crippen LogP contribution in [0, 0.1) is 0 Å². The minimum absolute atomic E-state index is 0. The van der Waals surface area contributed by atoms with Crippen molar-refractivity contribution in [1.82, 2.24) is 42.6 Å². The van der Waals surface area contributed by atoms with Gasteiger partial charge in [-0.3, -0.25) is 63.9 Å². The summed E-state index contributed by atoms with van der Waals surface area (Å²) in [5.41, 5.74) is 7.21. The number of aliphatic carboxylic acids is 1. The van der Waals surface area contributed by atoms with Gasteiger partial charge in [-0.05, 0) is 46.0 Å². The number of nitrogens with two attached hydrogens (primary N) is 2. The summed E-state index contributed by atoms with van der Waals surface area (Å²) in [6.45, 7) is -1.00. The Balaban J connectivity index is -0.0000120. The van der Waals surface area contributed by atoms with E-state index in [-0.39, 0.29) is 48.9 Å². The normalized spacial score (nSPS) is 23.3. The molecule has 26 nitrogen and oxygen atoms in total. The fourth-order valence-corrected chi connectivity index (χ4v) is 5.65. The number of carbonyl (C=O) groups is 11. The number of carboxylic acid groups (broad SMARTS) is 1. The van der Waals surface area contributed by atoms with E-state index < -0.39 is 158 Å². The summed E-state index contributed by atoms with van der Waals surface area (Å²) in [5, 5.41) is 65.1. The zero-order valence-corrected chi connectivity index (χ0v) is 33.1. The third-order valence-electron chi connectivity index (χ3n) is 9.06. The summed E-state index contributed by atoms with van der Waals surface area (Å²) < 4.78 is 0. The highest BCUT2D eigenvalue weighted by atomic mass is 16.4. The van der Waals surface area contributed by atoms with Crippen LogP contribution < -0.4 is 54.2 Å². The predicted molar refractivity (Wildman–Crippen MR) is 213 cm³/mol. The number of carbonyl (C=O) groups excluding carboxylic acids is 10. The Labute approximate surface area is 353 Å². The van der Waals surface area contributed by atoms with Crippen molar-refractivity contribution in [2.45, 2.75) is 127 Å².